The summed E-state index contributed by atoms with van der Waals surface area (Å²) in [5, 5.41) is 9.95. The highest BCUT2D eigenvalue weighted by Crippen LogP contribution is 2.49. The highest BCUT2D eigenvalue weighted by molar-refractivity contribution is 5.90. The summed E-state index contributed by atoms with van der Waals surface area (Å²) in [5.41, 5.74) is 2.67. The highest BCUT2D eigenvalue weighted by atomic mass is 16.5. The van der Waals surface area contributed by atoms with Crippen molar-refractivity contribution in [3.63, 3.8) is 0 Å². The van der Waals surface area contributed by atoms with E-state index in [-0.39, 0.29) is 17.5 Å². The molecule has 3 atom stereocenters. The maximum Gasteiger partial charge on any atom is 0.319 e. The highest BCUT2D eigenvalue weighted by Gasteiger charge is 2.50. The Morgan fingerprint density at radius 1 is 1.23 bits per heavy atom. The van der Waals surface area contributed by atoms with Crippen LogP contribution >= 0.6 is 0 Å². The molecule has 2 aromatic rings. The molecule has 1 aromatic heterocycles. The van der Waals surface area contributed by atoms with Crippen LogP contribution < -0.4 is 20.1 Å². The van der Waals surface area contributed by atoms with E-state index in [4.69, 9.17) is 14.0 Å². The molecule has 2 N–H and O–H groups in total. The average Bonchev–Trinajstić information content (AvgIpc) is 3.27. The number of benzene rings is 1. The molecule has 2 aliphatic rings. The van der Waals surface area contributed by atoms with Gasteiger partial charge in [0, 0.05) is 17.5 Å². The zero-order valence-electron chi connectivity index (χ0n) is 18.9. The molecule has 1 aliphatic heterocycles. The maximum absolute atomic E-state index is 12.6. The Balaban J connectivity index is 1.50. The summed E-state index contributed by atoms with van der Waals surface area (Å²) in [6.07, 6.45) is 3.93. The van der Waals surface area contributed by atoms with E-state index >= 15 is 0 Å². The second kappa shape index (κ2) is 8.42. The Hall–Kier alpha value is -2.74. The van der Waals surface area contributed by atoms with Crippen LogP contribution in [0, 0.1) is 13.8 Å². The Labute approximate surface area is 183 Å². The molecule has 1 saturated heterocycles. The number of amides is 2. The van der Waals surface area contributed by atoms with Crippen LogP contribution in [-0.4, -0.2) is 56.0 Å². The zero-order chi connectivity index (χ0) is 22.2. The minimum atomic E-state index is -0.210. The molecule has 8 nitrogen and oxygen atoms in total. The SMILES string of the molecule is COc1ccc([C@@]23CC[C@H](NC(=O)Nc4c(C)noc4C)C[C@H]2N(C)CC3)cc1OC. The van der Waals surface area contributed by atoms with E-state index in [0.717, 1.165) is 43.7 Å². The molecule has 4 rings (SSSR count). The van der Waals surface area contributed by atoms with Crippen LogP contribution in [-0.2, 0) is 5.41 Å². The monoisotopic (exact) mass is 428 g/mol. The fourth-order valence-electron chi connectivity index (χ4n) is 5.39. The number of hydrogen-bond acceptors (Lipinski definition) is 6. The van der Waals surface area contributed by atoms with Gasteiger partial charge in [-0.05, 0) is 70.8 Å². The number of aryl methyl sites for hydroxylation is 2. The molecule has 1 aliphatic carbocycles. The third kappa shape index (κ3) is 3.84. The summed E-state index contributed by atoms with van der Waals surface area (Å²) in [6, 6.07) is 6.55. The van der Waals surface area contributed by atoms with E-state index in [1.54, 1.807) is 21.1 Å². The van der Waals surface area contributed by atoms with Gasteiger partial charge in [0.05, 0.1) is 14.2 Å². The van der Waals surface area contributed by atoms with E-state index < -0.39 is 0 Å². The lowest BCUT2D eigenvalue weighted by Gasteiger charge is -2.45. The van der Waals surface area contributed by atoms with Crippen molar-refractivity contribution in [2.24, 2.45) is 0 Å². The first-order valence-electron chi connectivity index (χ1n) is 10.8. The summed E-state index contributed by atoms with van der Waals surface area (Å²) in [7, 11) is 5.52. The van der Waals surface area contributed by atoms with Gasteiger partial charge in [0.25, 0.3) is 0 Å². The van der Waals surface area contributed by atoms with Gasteiger partial charge in [0.2, 0.25) is 0 Å². The van der Waals surface area contributed by atoms with Crippen LogP contribution in [0.1, 0.15) is 42.7 Å². The van der Waals surface area contributed by atoms with Crippen LogP contribution in [0.4, 0.5) is 10.5 Å². The van der Waals surface area contributed by atoms with E-state index in [2.05, 4.69) is 39.9 Å². The molecular weight excluding hydrogens is 396 g/mol. The number of aromatic nitrogens is 1. The number of likely N-dealkylation sites (N-methyl/N-ethyl adjacent to an activating group) is 1. The fraction of sp³-hybridized carbons (Fsp3) is 0.565. The number of likely N-dealkylation sites (tertiary alicyclic amines) is 1. The predicted octanol–water partition coefficient (Wildman–Crippen LogP) is 3.62. The van der Waals surface area contributed by atoms with Gasteiger partial charge in [0.1, 0.15) is 11.4 Å². The summed E-state index contributed by atoms with van der Waals surface area (Å²) in [5.74, 6) is 2.12. The smallest absolute Gasteiger partial charge is 0.319 e. The van der Waals surface area contributed by atoms with Crippen molar-refractivity contribution in [3.05, 3.63) is 35.2 Å². The van der Waals surface area contributed by atoms with Gasteiger partial charge in [0.15, 0.2) is 17.3 Å². The second-order valence-corrected chi connectivity index (χ2v) is 8.74. The summed E-state index contributed by atoms with van der Waals surface area (Å²) < 4.78 is 16.1. The molecule has 2 amide bonds. The minimum absolute atomic E-state index is 0.0601. The molecule has 1 saturated carbocycles. The van der Waals surface area contributed by atoms with Gasteiger partial charge in [-0.1, -0.05) is 11.2 Å². The van der Waals surface area contributed by atoms with Crippen LogP contribution in [0.25, 0.3) is 0 Å². The largest absolute Gasteiger partial charge is 0.493 e. The Bertz CT molecular complexity index is 940. The standard InChI is InChI=1S/C23H32N4O4/c1-14-21(15(2)31-26-14)25-22(28)24-17-8-9-23(10-11-27(3)20(23)13-17)16-6-7-18(29-4)19(12-16)30-5/h6-7,12,17,20H,8-11,13H2,1-5H3,(H2,24,25,28)/t17-,20+,23-/m0/s1. The number of rotatable bonds is 5. The lowest BCUT2D eigenvalue weighted by molar-refractivity contribution is 0.156. The first-order valence-corrected chi connectivity index (χ1v) is 10.8. The topological polar surface area (TPSA) is 88.9 Å². The molecule has 31 heavy (non-hydrogen) atoms. The van der Waals surface area contributed by atoms with Crippen LogP contribution in [0.15, 0.2) is 22.7 Å². The third-order valence-electron chi connectivity index (χ3n) is 7.09. The van der Waals surface area contributed by atoms with E-state index in [9.17, 15) is 4.79 Å². The first-order chi connectivity index (χ1) is 14.9. The van der Waals surface area contributed by atoms with E-state index in [0.29, 0.717) is 23.2 Å². The van der Waals surface area contributed by atoms with Crippen molar-refractivity contribution >= 4 is 11.7 Å². The summed E-state index contributed by atoms with van der Waals surface area (Å²) in [4.78, 5) is 15.1. The average molecular weight is 429 g/mol. The van der Waals surface area contributed by atoms with Crippen molar-refractivity contribution in [2.45, 2.75) is 57.0 Å². The van der Waals surface area contributed by atoms with Gasteiger partial charge in [-0.25, -0.2) is 4.79 Å². The third-order valence-corrected chi connectivity index (χ3v) is 7.09. The number of nitrogens with one attached hydrogen (secondary N) is 2. The number of urea groups is 1. The van der Waals surface area contributed by atoms with Crippen molar-refractivity contribution in [1.82, 2.24) is 15.4 Å². The van der Waals surface area contributed by atoms with Gasteiger partial charge in [-0.3, -0.25) is 0 Å². The quantitative estimate of drug-likeness (QED) is 0.756. The first kappa shape index (κ1) is 21.5. The number of anilines is 1. The van der Waals surface area contributed by atoms with Gasteiger partial charge < -0.3 is 29.5 Å². The normalized spacial score (nSPS) is 25.7. The van der Waals surface area contributed by atoms with Crippen molar-refractivity contribution < 1.29 is 18.8 Å². The van der Waals surface area contributed by atoms with Crippen LogP contribution in [0.2, 0.25) is 0 Å². The molecule has 0 unspecified atom stereocenters. The van der Waals surface area contributed by atoms with Crippen LogP contribution in [0.3, 0.4) is 0 Å². The number of fused-ring (bicyclic) bond motifs is 1. The van der Waals surface area contributed by atoms with E-state index in [1.807, 2.05) is 13.0 Å². The molecular formula is C23H32N4O4. The van der Waals surface area contributed by atoms with Gasteiger partial charge in [-0.15, -0.1) is 0 Å². The lowest BCUT2D eigenvalue weighted by Crippen LogP contribution is -2.52. The molecule has 168 valence electrons. The molecule has 2 heterocycles. The van der Waals surface area contributed by atoms with Gasteiger partial charge in [-0.2, -0.15) is 0 Å². The maximum atomic E-state index is 12.6. The zero-order valence-corrected chi connectivity index (χ0v) is 18.9. The predicted molar refractivity (Wildman–Crippen MR) is 118 cm³/mol. The second-order valence-electron chi connectivity index (χ2n) is 8.74. The Kier molecular flexibility index (Phi) is 5.83. The number of carbonyl (C=O) groups is 1. The van der Waals surface area contributed by atoms with E-state index in [1.165, 1.54) is 5.56 Å². The number of carbonyl (C=O) groups excluding carboxylic acids is 1. The molecule has 2 fully saturated rings. The van der Waals surface area contributed by atoms with Crippen molar-refractivity contribution in [1.29, 1.82) is 0 Å². The Morgan fingerprint density at radius 2 is 2.00 bits per heavy atom. The molecule has 0 spiro atoms. The van der Waals surface area contributed by atoms with Crippen molar-refractivity contribution in [2.75, 3.05) is 33.1 Å². The van der Waals surface area contributed by atoms with Crippen LogP contribution in [0.5, 0.6) is 11.5 Å². The lowest BCUT2D eigenvalue weighted by atomic mass is 9.65. The molecule has 0 radical (unpaired) electrons. The minimum Gasteiger partial charge on any atom is -0.493 e. The van der Waals surface area contributed by atoms with Gasteiger partial charge >= 0.3 is 6.03 Å². The number of methoxy groups -OCH3 is 2. The Morgan fingerprint density at radius 3 is 2.68 bits per heavy atom. The molecule has 1 aromatic carbocycles. The number of ether oxygens (including phenoxy) is 2. The number of hydrogen-bond donors (Lipinski definition) is 2. The fourth-order valence-corrected chi connectivity index (χ4v) is 5.39. The summed E-state index contributed by atoms with van der Waals surface area (Å²) in [6.45, 7) is 4.65. The molecule has 8 heteroatoms. The number of nitrogens with zero attached hydrogens (tertiary/aromatic N) is 2. The summed E-state index contributed by atoms with van der Waals surface area (Å²) >= 11 is 0. The molecule has 0 bridgehead atoms. The van der Waals surface area contributed by atoms with Crippen molar-refractivity contribution in [3.8, 4) is 11.5 Å².